The molecule has 118 valence electrons. The van der Waals surface area contributed by atoms with Crippen molar-refractivity contribution < 1.29 is 13.9 Å². The SMILES string of the molecule is COCc1cc(CNC(=O)c2cccc(-c3ccco3)c2)[nH]n1. The van der Waals surface area contributed by atoms with Gasteiger partial charge in [-0.15, -0.1) is 0 Å². The summed E-state index contributed by atoms with van der Waals surface area (Å²) in [6.07, 6.45) is 1.61. The molecule has 0 aliphatic rings. The number of hydrogen-bond acceptors (Lipinski definition) is 4. The number of carbonyl (C=O) groups excluding carboxylic acids is 1. The molecular weight excluding hydrogens is 294 g/mol. The van der Waals surface area contributed by atoms with Crippen LogP contribution in [-0.4, -0.2) is 23.2 Å². The van der Waals surface area contributed by atoms with E-state index in [0.29, 0.717) is 18.7 Å². The molecule has 0 unspecified atom stereocenters. The number of benzene rings is 1. The van der Waals surface area contributed by atoms with Gasteiger partial charge in [0.25, 0.3) is 5.91 Å². The Labute approximate surface area is 133 Å². The summed E-state index contributed by atoms with van der Waals surface area (Å²) < 4.78 is 10.4. The lowest BCUT2D eigenvalue weighted by atomic mass is 10.1. The molecule has 0 bridgehead atoms. The minimum Gasteiger partial charge on any atom is -0.464 e. The molecular formula is C17H17N3O3. The number of nitrogens with one attached hydrogen (secondary N) is 2. The zero-order valence-corrected chi connectivity index (χ0v) is 12.7. The van der Waals surface area contributed by atoms with E-state index in [-0.39, 0.29) is 5.91 Å². The van der Waals surface area contributed by atoms with Crippen LogP contribution in [0.25, 0.3) is 11.3 Å². The highest BCUT2D eigenvalue weighted by Crippen LogP contribution is 2.20. The Morgan fingerprint density at radius 3 is 3.00 bits per heavy atom. The van der Waals surface area contributed by atoms with E-state index in [1.54, 1.807) is 25.5 Å². The first-order valence-corrected chi connectivity index (χ1v) is 7.20. The maximum absolute atomic E-state index is 12.3. The van der Waals surface area contributed by atoms with Crippen LogP contribution in [0.5, 0.6) is 0 Å². The van der Waals surface area contributed by atoms with Crippen LogP contribution in [-0.2, 0) is 17.9 Å². The van der Waals surface area contributed by atoms with Crippen molar-refractivity contribution in [1.29, 1.82) is 0 Å². The summed E-state index contributed by atoms with van der Waals surface area (Å²) in [6.45, 7) is 0.816. The average molecular weight is 311 g/mol. The lowest BCUT2D eigenvalue weighted by Crippen LogP contribution is -2.22. The average Bonchev–Trinajstić information content (AvgIpc) is 3.25. The van der Waals surface area contributed by atoms with E-state index in [4.69, 9.17) is 9.15 Å². The minimum absolute atomic E-state index is 0.152. The zero-order valence-electron chi connectivity index (χ0n) is 12.7. The van der Waals surface area contributed by atoms with Crippen LogP contribution in [0.4, 0.5) is 0 Å². The molecule has 6 nitrogen and oxygen atoms in total. The fourth-order valence-corrected chi connectivity index (χ4v) is 2.26. The van der Waals surface area contributed by atoms with Gasteiger partial charge in [0.2, 0.25) is 0 Å². The number of furan rings is 1. The lowest BCUT2D eigenvalue weighted by molar-refractivity contribution is 0.0950. The number of carbonyl (C=O) groups is 1. The van der Waals surface area contributed by atoms with Gasteiger partial charge in [0, 0.05) is 18.2 Å². The van der Waals surface area contributed by atoms with Gasteiger partial charge in [-0.25, -0.2) is 0 Å². The molecule has 0 aliphatic heterocycles. The van der Waals surface area contributed by atoms with Gasteiger partial charge in [-0.1, -0.05) is 12.1 Å². The summed E-state index contributed by atoms with van der Waals surface area (Å²) in [5, 5.41) is 9.82. The molecule has 23 heavy (non-hydrogen) atoms. The van der Waals surface area contributed by atoms with Gasteiger partial charge in [-0.3, -0.25) is 9.89 Å². The Morgan fingerprint density at radius 2 is 2.22 bits per heavy atom. The van der Waals surface area contributed by atoms with Crippen LogP contribution < -0.4 is 5.32 Å². The number of amides is 1. The first-order chi connectivity index (χ1) is 11.3. The van der Waals surface area contributed by atoms with Gasteiger partial charge in [0.15, 0.2) is 0 Å². The third-order valence-corrected chi connectivity index (χ3v) is 3.35. The third kappa shape index (κ3) is 3.67. The fraction of sp³-hybridized carbons (Fsp3) is 0.176. The fourth-order valence-electron chi connectivity index (χ4n) is 2.26. The molecule has 0 atom stereocenters. The molecule has 3 aromatic rings. The van der Waals surface area contributed by atoms with E-state index in [1.165, 1.54) is 0 Å². The van der Waals surface area contributed by atoms with E-state index < -0.39 is 0 Å². The lowest BCUT2D eigenvalue weighted by Gasteiger charge is -2.05. The van der Waals surface area contributed by atoms with Gasteiger partial charge in [-0.05, 0) is 30.3 Å². The molecule has 0 saturated heterocycles. The maximum Gasteiger partial charge on any atom is 0.251 e. The van der Waals surface area contributed by atoms with E-state index in [0.717, 1.165) is 22.7 Å². The molecule has 0 radical (unpaired) electrons. The summed E-state index contributed by atoms with van der Waals surface area (Å²) >= 11 is 0. The zero-order chi connectivity index (χ0) is 16.1. The molecule has 1 aromatic carbocycles. The number of H-pyrrole nitrogens is 1. The van der Waals surface area contributed by atoms with Crippen LogP contribution in [0.2, 0.25) is 0 Å². The van der Waals surface area contributed by atoms with Gasteiger partial charge in [0.05, 0.1) is 30.8 Å². The Kier molecular flexibility index (Phi) is 4.54. The molecule has 3 rings (SSSR count). The van der Waals surface area contributed by atoms with E-state index in [9.17, 15) is 4.79 Å². The van der Waals surface area contributed by atoms with Crippen molar-refractivity contribution in [3.63, 3.8) is 0 Å². The molecule has 0 spiro atoms. The van der Waals surface area contributed by atoms with Gasteiger partial charge in [-0.2, -0.15) is 5.10 Å². The molecule has 2 N–H and O–H groups in total. The summed E-state index contributed by atoms with van der Waals surface area (Å²) in [6, 6.07) is 12.9. The van der Waals surface area contributed by atoms with Gasteiger partial charge >= 0.3 is 0 Å². The van der Waals surface area contributed by atoms with E-state index >= 15 is 0 Å². The monoisotopic (exact) mass is 311 g/mol. The smallest absolute Gasteiger partial charge is 0.251 e. The van der Waals surface area contributed by atoms with Crippen LogP contribution in [0.15, 0.2) is 53.1 Å². The molecule has 6 heteroatoms. The van der Waals surface area contributed by atoms with Crippen LogP contribution >= 0.6 is 0 Å². The second-order valence-electron chi connectivity index (χ2n) is 5.06. The summed E-state index contributed by atoms with van der Waals surface area (Å²) in [4.78, 5) is 12.3. The van der Waals surface area contributed by atoms with Crippen LogP contribution in [0.3, 0.4) is 0 Å². The first kappa shape index (κ1) is 15.1. The summed E-state index contributed by atoms with van der Waals surface area (Å²) in [5.74, 6) is 0.582. The number of nitrogens with zero attached hydrogens (tertiary/aromatic N) is 1. The molecule has 2 aromatic heterocycles. The summed E-state index contributed by atoms with van der Waals surface area (Å²) in [7, 11) is 1.61. The first-order valence-electron chi connectivity index (χ1n) is 7.20. The third-order valence-electron chi connectivity index (χ3n) is 3.35. The number of aromatic nitrogens is 2. The maximum atomic E-state index is 12.3. The Morgan fingerprint density at radius 1 is 1.30 bits per heavy atom. The second-order valence-corrected chi connectivity index (χ2v) is 5.06. The molecule has 2 heterocycles. The van der Waals surface area contributed by atoms with E-state index in [1.807, 2.05) is 30.3 Å². The predicted octanol–water partition coefficient (Wildman–Crippen LogP) is 2.75. The molecule has 1 amide bonds. The van der Waals surface area contributed by atoms with E-state index in [2.05, 4.69) is 15.5 Å². The van der Waals surface area contributed by atoms with Crippen molar-refractivity contribution in [2.45, 2.75) is 13.2 Å². The number of rotatable bonds is 6. The highest BCUT2D eigenvalue weighted by Gasteiger charge is 2.09. The highest BCUT2D eigenvalue weighted by molar-refractivity contribution is 5.95. The van der Waals surface area contributed by atoms with Crippen LogP contribution in [0.1, 0.15) is 21.7 Å². The van der Waals surface area contributed by atoms with Crippen molar-refractivity contribution in [3.8, 4) is 11.3 Å². The normalized spacial score (nSPS) is 10.7. The topological polar surface area (TPSA) is 80.1 Å². The minimum atomic E-state index is -0.152. The predicted molar refractivity (Wildman–Crippen MR) is 84.6 cm³/mol. The highest BCUT2D eigenvalue weighted by atomic mass is 16.5. The van der Waals surface area contributed by atoms with Crippen molar-refractivity contribution in [3.05, 3.63) is 65.7 Å². The van der Waals surface area contributed by atoms with Crippen molar-refractivity contribution >= 4 is 5.91 Å². The quantitative estimate of drug-likeness (QED) is 0.733. The molecule has 0 fully saturated rings. The Hall–Kier alpha value is -2.86. The van der Waals surface area contributed by atoms with Crippen molar-refractivity contribution in [2.24, 2.45) is 0 Å². The molecule has 0 aliphatic carbocycles. The Balaban J connectivity index is 1.65. The van der Waals surface area contributed by atoms with Gasteiger partial charge in [0.1, 0.15) is 5.76 Å². The van der Waals surface area contributed by atoms with Gasteiger partial charge < -0.3 is 14.5 Å². The molecule has 0 saturated carbocycles. The van der Waals surface area contributed by atoms with Crippen molar-refractivity contribution in [2.75, 3.05) is 7.11 Å². The van der Waals surface area contributed by atoms with Crippen molar-refractivity contribution in [1.82, 2.24) is 15.5 Å². The standard InChI is InChI=1S/C17H17N3O3/c1-22-11-15-9-14(19-20-15)10-18-17(21)13-5-2-4-12(8-13)16-6-3-7-23-16/h2-9H,10-11H2,1H3,(H,18,21)(H,19,20). The number of ether oxygens (including phenoxy) is 1. The number of methoxy groups -OCH3 is 1. The second kappa shape index (κ2) is 6.93. The number of hydrogen-bond donors (Lipinski definition) is 2. The number of aromatic amines is 1. The Bertz CT molecular complexity index is 778. The van der Waals surface area contributed by atoms with Crippen LogP contribution in [0, 0.1) is 0 Å². The summed E-state index contributed by atoms with van der Waals surface area (Å²) in [5.41, 5.74) is 3.08. The largest absolute Gasteiger partial charge is 0.464 e.